The van der Waals surface area contributed by atoms with E-state index in [1.54, 1.807) is 24.0 Å². The van der Waals surface area contributed by atoms with E-state index in [0.717, 1.165) is 0 Å². The fourth-order valence-corrected chi connectivity index (χ4v) is 1.01. The predicted molar refractivity (Wildman–Crippen MR) is 44.5 cm³/mol. The van der Waals surface area contributed by atoms with Crippen LogP contribution in [0.25, 0.3) is 0 Å². The summed E-state index contributed by atoms with van der Waals surface area (Å²) in [6, 6.07) is 0. The molecule has 0 amide bonds. The van der Waals surface area contributed by atoms with Crippen molar-refractivity contribution >= 4 is 5.95 Å². The minimum atomic E-state index is 0.451. The van der Waals surface area contributed by atoms with Gasteiger partial charge in [-0.05, 0) is 5.21 Å². The third kappa shape index (κ3) is 1.48. The average Bonchev–Trinajstić information content (AvgIpc) is 2.64. The molecule has 0 unspecified atom stereocenters. The van der Waals surface area contributed by atoms with Gasteiger partial charge in [0.1, 0.15) is 0 Å². The Balaban J connectivity index is 2.19. The maximum Gasteiger partial charge on any atom is 0.200 e. The highest BCUT2D eigenvalue weighted by Crippen LogP contribution is 2.00. The number of hydrogen-bond donors (Lipinski definition) is 1. The van der Waals surface area contributed by atoms with Crippen molar-refractivity contribution < 1.29 is 0 Å². The third-order valence-corrected chi connectivity index (χ3v) is 1.61. The molecule has 2 rings (SSSR count). The van der Waals surface area contributed by atoms with E-state index in [2.05, 4.69) is 20.4 Å². The number of anilines is 1. The topological polar surface area (TPSA) is 87.4 Å². The average molecular weight is 179 g/mol. The highest BCUT2D eigenvalue weighted by atomic mass is 15.6. The maximum absolute atomic E-state index is 5.56. The summed E-state index contributed by atoms with van der Waals surface area (Å²) in [5, 5.41) is 11.6. The first-order valence-electron chi connectivity index (χ1n) is 3.75. The van der Waals surface area contributed by atoms with Crippen LogP contribution in [0.4, 0.5) is 5.95 Å². The van der Waals surface area contributed by atoms with E-state index in [4.69, 9.17) is 5.73 Å². The van der Waals surface area contributed by atoms with Crippen LogP contribution in [0.15, 0.2) is 12.4 Å². The second-order valence-electron chi connectivity index (χ2n) is 2.61. The van der Waals surface area contributed by atoms with Gasteiger partial charge < -0.3 is 10.3 Å². The van der Waals surface area contributed by atoms with Gasteiger partial charge >= 0.3 is 0 Å². The molecule has 7 heteroatoms. The lowest BCUT2D eigenvalue weighted by Gasteiger charge is -1.98. The first-order valence-corrected chi connectivity index (χ1v) is 3.75. The summed E-state index contributed by atoms with van der Waals surface area (Å²) in [7, 11) is 1.72. The van der Waals surface area contributed by atoms with Gasteiger partial charge in [-0.15, -0.1) is 10.2 Å². The second-order valence-corrected chi connectivity index (χ2v) is 2.61. The van der Waals surface area contributed by atoms with Crippen LogP contribution in [-0.2, 0) is 13.6 Å². The summed E-state index contributed by atoms with van der Waals surface area (Å²) in [5.41, 5.74) is 5.56. The Morgan fingerprint density at radius 1 is 1.54 bits per heavy atom. The number of nitrogens with zero attached hydrogens (tertiary/aromatic N) is 6. The van der Waals surface area contributed by atoms with Gasteiger partial charge in [0.2, 0.25) is 5.95 Å². The standard InChI is InChI=1S/C6H9N7/c1-12-10-5(9-11-12)4-13-3-2-8-6(13)7/h2-3H,4H2,1H3,(H2,7,8). The number of nitrogen functional groups attached to an aromatic ring is 1. The number of aryl methyl sites for hydroxylation is 1. The van der Waals surface area contributed by atoms with Crippen LogP contribution < -0.4 is 5.73 Å². The highest BCUT2D eigenvalue weighted by molar-refractivity contribution is 5.17. The molecule has 0 aliphatic rings. The van der Waals surface area contributed by atoms with E-state index in [-0.39, 0.29) is 0 Å². The van der Waals surface area contributed by atoms with Crippen LogP contribution in [0.1, 0.15) is 5.82 Å². The number of rotatable bonds is 2. The van der Waals surface area contributed by atoms with Crippen LogP contribution in [0, 0.1) is 0 Å². The first-order chi connectivity index (χ1) is 6.25. The molecule has 0 radical (unpaired) electrons. The van der Waals surface area contributed by atoms with Gasteiger partial charge in [0.25, 0.3) is 0 Å². The van der Waals surface area contributed by atoms with Gasteiger partial charge in [0.15, 0.2) is 5.82 Å². The Morgan fingerprint density at radius 2 is 2.38 bits per heavy atom. The summed E-state index contributed by atoms with van der Waals surface area (Å²) in [5.74, 6) is 1.07. The van der Waals surface area contributed by atoms with Crippen molar-refractivity contribution in [3.05, 3.63) is 18.2 Å². The number of aromatic nitrogens is 6. The van der Waals surface area contributed by atoms with Gasteiger partial charge in [-0.2, -0.15) is 4.80 Å². The number of imidazole rings is 1. The van der Waals surface area contributed by atoms with E-state index >= 15 is 0 Å². The molecule has 0 aliphatic heterocycles. The lowest BCUT2D eigenvalue weighted by Crippen LogP contribution is -2.05. The van der Waals surface area contributed by atoms with Gasteiger partial charge in [0, 0.05) is 12.4 Å². The summed E-state index contributed by atoms with van der Waals surface area (Å²) >= 11 is 0. The van der Waals surface area contributed by atoms with Crippen LogP contribution in [0.2, 0.25) is 0 Å². The molecule has 0 bridgehead atoms. The molecule has 68 valence electrons. The summed E-state index contributed by atoms with van der Waals surface area (Å²) in [4.78, 5) is 5.28. The zero-order valence-electron chi connectivity index (χ0n) is 7.12. The molecule has 2 N–H and O–H groups in total. The van der Waals surface area contributed by atoms with E-state index in [1.165, 1.54) is 4.80 Å². The quantitative estimate of drug-likeness (QED) is 0.641. The van der Waals surface area contributed by atoms with E-state index in [9.17, 15) is 0 Å². The molecule has 2 aromatic heterocycles. The summed E-state index contributed by atoms with van der Waals surface area (Å²) in [6.45, 7) is 0.500. The zero-order valence-corrected chi connectivity index (χ0v) is 7.12. The van der Waals surface area contributed by atoms with Gasteiger partial charge in [-0.1, -0.05) is 0 Å². The van der Waals surface area contributed by atoms with Crippen molar-refractivity contribution in [3.8, 4) is 0 Å². The molecule has 0 atom stereocenters. The Bertz CT molecular complexity index is 401. The lowest BCUT2D eigenvalue weighted by atomic mass is 10.6. The van der Waals surface area contributed by atoms with Crippen molar-refractivity contribution in [2.75, 3.05) is 5.73 Å². The van der Waals surface area contributed by atoms with Crippen molar-refractivity contribution in [3.63, 3.8) is 0 Å². The van der Waals surface area contributed by atoms with E-state index < -0.39 is 0 Å². The lowest BCUT2D eigenvalue weighted by molar-refractivity contribution is 0.625. The highest BCUT2D eigenvalue weighted by Gasteiger charge is 2.03. The summed E-state index contributed by atoms with van der Waals surface area (Å²) in [6.07, 6.45) is 3.40. The Morgan fingerprint density at radius 3 is 2.92 bits per heavy atom. The van der Waals surface area contributed by atoms with Gasteiger partial charge in [-0.25, -0.2) is 4.98 Å². The normalized spacial score (nSPS) is 10.5. The number of hydrogen-bond acceptors (Lipinski definition) is 5. The Kier molecular flexibility index (Phi) is 1.69. The van der Waals surface area contributed by atoms with E-state index in [1.807, 2.05) is 0 Å². The molecule has 0 spiro atoms. The monoisotopic (exact) mass is 179 g/mol. The second kappa shape index (κ2) is 2.85. The van der Waals surface area contributed by atoms with Crippen molar-refractivity contribution in [2.24, 2.45) is 7.05 Å². The molecular weight excluding hydrogens is 170 g/mol. The van der Waals surface area contributed by atoms with Crippen molar-refractivity contribution in [1.82, 2.24) is 29.8 Å². The van der Waals surface area contributed by atoms with Gasteiger partial charge in [-0.3, -0.25) is 0 Å². The smallest absolute Gasteiger partial charge is 0.200 e. The molecule has 0 saturated heterocycles. The van der Waals surface area contributed by atoms with Crippen LogP contribution >= 0.6 is 0 Å². The maximum atomic E-state index is 5.56. The van der Waals surface area contributed by atoms with Crippen LogP contribution in [0.3, 0.4) is 0 Å². The molecule has 13 heavy (non-hydrogen) atoms. The Labute approximate surface area is 74.2 Å². The molecule has 2 aromatic rings. The van der Waals surface area contributed by atoms with Crippen molar-refractivity contribution in [2.45, 2.75) is 6.54 Å². The largest absolute Gasteiger partial charge is 0.369 e. The first kappa shape index (κ1) is 7.71. The minimum Gasteiger partial charge on any atom is -0.369 e. The van der Waals surface area contributed by atoms with Gasteiger partial charge in [0.05, 0.1) is 13.6 Å². The Hall–Kier alpha value is -1.92. The number of nitrogens with two attached hydrogens (primary N) is 1. The molecule has 2 heterocycles. The van der Waals surface area contributed by atoms with Crippen molar-refractivity contribution in [1.29, 1.82) is 0 Å². The molecule has 0 aliphatic carbocycles. The fraction of sp³-hybridized carbons (Fsp3) is 0.333. The minimum absolute atomic E-state index is 0.451. The summed E-state index contributed by atoms with van der Waals surface area (Å²) < 4.78 is 1.75. The number of tetrazole rings is 1. The van der Waals surface area contributed by atoms with E-state index in [0.29, 0.717) is 18.3 Å². The fourth-order valence-electron chi connectivity index (χ4n) is 1.01. The molecule has 0 fully saturated rings. The molecular formula is C6H9N7. The molecule has 0 saturated carbocycles. The van der Waals surface area contributed by atoms with Crippen LogP contribution in [0.5, 0.6) is 0 Å². The molecule has 0 aromatic carbocycles. The molecule has 7 nitrogen and oxygen atoms in total. The SMILES string of the molecule is Cn1nnc(Cn2ccnc2N)n1. The predicted octanol–water partition coefficient (Wildman–Crippen LogP) is -0.963. The van der Waals surface area contributed by atoms with Crippen LogP contribution in [-0.4, -0.2) is 29.8 Å². The third-order valence-electron chi connectivity index (χ3n) is 1.61. The zero-order chi connectivity index (χ0) is 9.26.